The van der Waals surface area contributed by atoms with Crippen molar-refractivity contribution in [1.82, 2.24) is 14.8 Å². The third-order valence-electron chi connectivity index (χ3n) is 3.94. The van der Waals surface area contributed by atoms with E-state index < -0.39 is 20.9 Å². The standard InChI is InChI=1S/C17H16FN3O2S/c1-12(13-8-4-3-5-9-13)24(22,23)17-20-19-16(21(17)2)14-10-6-7-11-15(14)18/h3-12H,1-2H3. The van der Waals surface area contributed by atoms with Gasteiger partial charge in [-0.1, -0.05) is 42.5 Å². The molecule has 1 aromatic heterocycles. The summed E-state index contributed by atoms with van der Waals surface area (Å²) in [5.41, 5.74) is 0.870. The molecule has 0 aliphatic carbocycles. The van der Waals surface area contributed by atoms with E-state index in [0.29, 0.717) is 5.56 Å². The topological polar surface area (TPSA) is 64.8 Å². The quantitative estimate of drug-likeness (QED) is 0.728. The fourth-order valence-corrected chi connectivity index (χ4v) is 3.96. The van der Waals surface area contributed by atoms with E-state index in [4.69, 9.17) is 0 Å². The molecule has 124 valence electrons. The van der Waals surface area contributed by atoms with Crippen LogP contribution in [-0.4, -0.2) is 23.2 Å². The van der Waals surface area contributed by atoms with E-state index >= 15 is 0 Å². The van der Waals surface area contributed by atoms with Crippen LogP contribution in [0.5, 0.6) is 0 Å². The van der Waals surface area contributed by atoms with E-state index in [-0.39, 0.29) is 16.5 Å². The summed E-state index contributed by atoms with van der Waals surface area (Å²) >= 11 is 0. The Morgan fingerprint density at radius 3 is 2.29 bits per heavy atom. The average Bonchev–Trinajstić information content (AvgIpc) is 2.97. The molecule has 0 saturated carbocycles. The molecule has 7 heteroatoms. The minimum Gasteiger partial charge on any atom is -0.301 e. The normalized spacial score (nSPS) is 13.0. The Morgan fingerprint density at radius 1 is 1.00 bits per heavy atom. The number of halogens is 1. The van der Waals surface area contributed by atoms with Crippen LogP contribution >= 0.6 is 0 Å². The van der Waals surface area contributed by atoms with Crippen LogP contribution in [0.25, 0.3) is 11.4 Å². The molecule has 1 heterocycles. The Bertz CT molecular complexity index is 969. The van der Waals surface area contributed by atoms with Crippen molar-refractivity contribution < 1.29 is 12.8 Å². The zero-order chi connectivity index (χ0) is 17.3. The van der Waals surface area contributed by atoms with E-state index in [1.54, 1.807) is 43.3 Å². The van der Waals surface area contributed by atoms with Gasteiger partial charge in [0, 0.05) is 7.05 Å². The first-order valence-electron chi connectivity index (χ1n) is 7.36. The van der Waals surface area contributed by atoms with Crippen molar-refractivity contribution in [2.45, 2.75) is 17.3 Å². The summed E-state index contributed by atoms with van der Waals surface area (Å²) in [5.74, 6) is -0.306. The maximum Gasteiger partial charge on any atom is 0.250 e. The summed E-state index contributed by atoms with van der Waals surface area (Å²) in [5, 5.41) is 6.73. The third kappa shape index (κ3) is 2.71. The van der Waals surface area contributed by atoms with Crippen molar-refractivity contribution in [3.05, 3.63) is 66.0 Å². The number of rotatable bonds is 4. The molecule has 24 heavy (non-hydrogen) atoms. The van der Waals surface area contributed by atoms with Crippen molar-refractivity contribution in [2.75, 3.05) is 0 Å². The van der Waals surface area contributed by atoms with Gasteiger partial charge in [-0.2, -0.15) is 0 Å². The predicted molar refractivity (Wildman–Crippen MR) is 88.4 cm³/mol. The second kappa shape index (κ2) is 6.16. The monoisotopic (exact) mass is 345 g/mol. The maximum atomic E-state index is 14.0. The van der Waals surface area contributed by atoms with Gasteiger partial charge < -0.3 is 4.57 Å². The molecule has 0 N–H and O–H groups in total. The van der Waals surface area contributed by atoms with Gasteiger partial charge >= 0.3 is 0 Å². The average molecular weight is 345 g/mol. The molecular weight excluding hydrogens is 329 g/mol. The fraction of sp³-hybridized carbons (Fsp3) is 0.176. The molecule has 0 spiro atoms. The number of hydrogen-bond acceptors (Lipinski definition) is 4. The fourth-order valence-electron chi connectivity index (χ4n) is 2.50. The molecule has 5 nitrogen and oxygen atoms in total. The van der Waals surface area contributed by atoms with E-state index in [0.717, 1.165) is 0 Å². The van der Waals surface area contributed by atoms with Crippen molar-refractivity contribution in [3.63, 3.8) is 0 Å². The first-order valence-corrected chi connectivity index (χ1v) is 8.90. The Morgan fingerprint density at radius 2 is 1.62 bits per heavy atom. The number of nitrogens with zero attached hydrogens (tertiary/aromatic N) is 3. The van der Waals surface area contributed by atoms with Crippen LogP contribution in [0.3, 0.4) is 0 Å². The van der Waals surface area contributed by atoms with Gasteiger partial charge in [0.15, 0.2) is 5.82 Å². The van der Waals surface area contributed by atoms with Crippen LogP contribution in [0.4, 0.5) is 4.39 Å². The van der Waals surface area contributed by atoms with Gasteiger partial charge in [-0.15, -0.1) is 10.2 Å². The van der Waals surface area contributed by atoms with Crippen LogP contribution in [-0.2, 0) is 16.9 Å². The summed E-state index contributed by atoms with van der Waals surface area (Å²) in [6.07, 6.45) is 0. The van der Waals surface area contributed by atoms with Gasteiger partial charge in [0.25, 0.3) is 0 Å². The SMILES string of the molecule is CC(c1ccccc1)S(=O)(=O)c1nnc(-c2ccccc2F)n1C. The van der Waals surface area contributed by atoms with E-state index in [9.17, 15) is 12.8 Å². The second-order valence-electron chi connectivity index (χ2n) is 5.44. The van der Waals surface area contributed by atoms with E-state index in [1.807, 2.05) is 6.07 Å². The lowest BCUT2D eigenvalue weighted by Gasteiger charge is -2.13. The maximum absolute atomic E-state index is 14.0. The minimum atomic E-state index is -3.76. The Kier molecular flexibility index (Phi) is 4.19. The molecule has 0 bridgehead atoms. The van der Waals surface area contributed by atoms with Gasteiger partial charge in [-0.3, -0.25) is 0 Å². The highest BCUT2D eigenvalue weighted by Gasteiger charge is 2.31. The lowest BCUT2D eigenvalue weighted by molar-refractivity contribution is 0.568. The Labute approximate surface area is 139 Å². The number of aromatic nitrogens is 3. The molecular formula is C17H16FN3O2S. The zero-order valence-electron chi connectivity index (χ0n) is 13.2. The van der Waals surface area contributed by atoms with Gasteiger partial charge in [0.2, 0.25) is 15.0 Å². The highest BCUT2D eigenvalue weighted by molar-refractivity contribution is 7.91. The van der Waals surface area contributed by atoms with Crippen molar-refractivity contribution in [1.29, 1.82) is 0 Å². The van der Waals surface area contributed by atoms with Gasteiger partial charge in [-0.25, -0.2) is 12.8 Å². The largest absolute Gasteiger partial charge is 0.301 e. The van der Waals surface area contributed by atoms with Crippen LogP contribution in [0.2, 0.25) is 0 Å². The first-order chi connectivity index (χ1) is 11.4. The lowest BCUT2D eigenvalue weighted by atomic mass is 10.2. The van der Waals surface area contributed by atoms with Crippen LogP contribution in [0.1, 0.15) is 17.7 Å². The van der Waals surface area contributed by atoms with Crippen LogP contribution in [0, 0.1) is 5.82 Å². The van der Waals surface area contributed by atoms with Gasteiger partial charge in [0.1, 0.15) is 5.82 Å². The first kappa shape index (κ1) is 16.3. The smallest absolute Gasteiger partial charge is 0.250 e. The Balaban J connectivity index is 2.06. The van der Waals surface area contributed by atoms with E-state index in [2.05, 4.69) is 10.2 Å². The summed E-state index contributed by atoms with van der Waals surface area (Å²) in [7, 11) is -2.24. The molecule has 1 atom stereocenters. The Hall–Kier alpha value is -2.54. The minimum absolute atomic E-state index is 0.173. The summed E-state index contributed by atoms with van der Waals surface area (Å²) in [6, 6.07) is 14.9. The molecule has 0 fully saturated rings. The van der Waals surface area contributed by atoms with Gasteiger partial charge in [-0.05, 0) is 24.6 Å². The molecule has 0 radical (unpaired) electrons. The third-order valence-corrected chi connectivity index (χ3v) is 6.01. The predicted octanol–water partition coefficient (Wildman–Crippen LogP) is 3.16. The number of hydrogen-bond donors (Lipinski definition) is 0. The number of sulfone groups is 1. The van der Waals surface area contributed by atoms with Crippen molar-refractivity contribution in [3.8, 4) is 11.4 Å². The highest BCUT2D eigenvalue weighted by atomic mass is 32.2. The van der Waals surface area contributed by atoms with Crippen LogP contribution in [0.15, 0.2) is 59.8 Å². The van der Waals surface area contributed by atoms with Crippen LogP contribution < -0.4 is 0 Å². The van der Waals surface area contributed by atoms with Gasteiger partial charge in [0.05, 0.1) is 10.8 Å². The van der Waals surface area contributed by atoms with E-state index in [1.165, 1.54) is 23.7 Å². The lowest BCUT2D eigenvalue weighted by Crippen LogP contribution is -2.15. The molecule has 3 aromatic rings. The molecule has 0 saturated heterocycles. The summed E-state index contributed by atoms with van der Waals surface area (Å²) in [6.45, 7) is 1.60. The molecule has 0 aliphatic heterocycles. The molecule has 1 unspecified atom stereocenters. The second-order valence-corrected chi connectivity index (χ2v) is 7.61. The zero-order valence-corrected chi connectivity index (χ0v) is 14.0. The highest BCUT2D eigenvalue weighted by Crippen LogP contribution is 2.29. The molecule has 0 aliphatic rings. The molecule has 2 aromatic carbocycles. The van der Waals surface area contributed by atoms with Crippen molar-refractivity contribution >= 4 is 9.84 Å². The molecule has 3 rings (SSSR count). The summed E-state index contributed by atoms with van der Waals surface area (Å²) < 4.78 is 41.0. The summed E-state index contributed by atoms with van der Waals surface area (Å²) in [4.78, 5) is 0. The molecule has 0 amide bonds. The van der Waals surface area contributed by atoms with Crippen molar-refractivity contribution in [2.24, 2.45) is 7.05 Å². The number of benzene rings is 2.